The summed E-state index contributed by atoms with van der Waals surface area (Å²) in [4.78, 5) is 35.6. The molecule has 0 fully saturated rings. The van der Waals surface area contributed by atoms with Gasteiger partial charge in [-0.2, -0.15) is 23.3 Å². The van der Waals surface area contributed by atoms with Gasteiger partial charge >= 0.3 is 12.2 Å². The molecule has 2 aromatic heterocycles. The second kappa shape index (κ2) is 7.13. The lowest BCUT2D eigenvalue weighted by Crippen LogP contribution is -2.48. The largest absolute Gasteiger partial charge is 0.416 e. The van der Waals surface area contributed by atoms with E-state index in [9.17, 15) is 22.8 Å². The van der Waals surface area contributed by atoms with E-state index in [0.717, 1.165) is 17.0 Å². The Morgan fingerprint density at radius 3 is 2.73 bits per heavy atom. The Bertz CT molecular complexity index is 1120. The van der Waals surface area contributed by atoms with Crippen molar-refractivity contribution >= 4 is 29.4 Å². The molecule has 12 heteroatoms. The minimum atomic E-state index is -4.50. The first-order valence-electron chi connectivity index (χ1n) is 8.63. The Kier molecular flexibility index (Phi) is 4.60. The first kappa shape index (κ1) is 19.4. The predicted octanol–water partition coefficient (Wildman–Crippen LogP) is 2.90. The minimum absolute atomic E-state index is 0.0713. The third-order valence-electron chi connectivity index (χ3n) is 4.51. The standard InChI is InChI=1S/C18H14F3N7O2/c1-27-13-6-5-12(10-3-2-4-11(7-10)18(19,20)21)24-15(13)28(8-14(27)29)17(30)25-16-22-9-23-26-16/h2-7,9H,8H2,1H3,(H2,22,23,25,26,30). The Balaban J connectivity index is 1.74. The van der Waals surface area contributed by atoms with Crippen LogP contribution in [0.2, 0.25) is 0 Å². The molecule has 3 heterocycles. The number of pyridine rings is 1. The molecule has 154 valence electrons. The molecule has 0 unspecified atom stereocenters. The van der Waals surface area contributed by atoms with Crippen molar-refractivity contribution in [3.05, 3.63) is 48.3 Å². The number of anilines is 3. The summed E-state index contributed by atoms with van der Waals surface area (Å²) in [5.74, 6) is -0.158. The van der Waals surface area contributed by atoms with Crippen LogP contribution in [0, 0.1) is 0 Å². The number of carbonyl (C=O) groups excluding carboxylic acids is 2. The van der Waals surface area contributed by atoms with E-state index in [1.165, 1.54) is 42.5 Å². The van der Waals surface area contributed by atoms with Gasteiger partial charge in [0.2, 0.25) is 11.9 Å². The lowest BCUT2D eigenvalue weighted by atomic mass is 10.1. The fraction of sp³-hybridized carbons (Fsp3) is 0.167. The van der Waals surface area contributed by atoms with Gasteiger partial charge in [0, 0.05) is 12.6 Å². The van der Waals surface area contributed by atoms with E-state index in [2.05, 4.69) is 25.5 Å². The lowest BCUT2D eigenvalue weighted by Gasteiger charge is -2.33. The smallest absolute Gasteiger partial charge is 0.311 e. The molecule has 0 spiro atoms. The van der Waals surface area contributed by atoms with Crippen molar-refractivity contribution in [1.29, 1.82) is 0 Å². The van der Waals surface area contributed by atoms with E-state index in [1.54, 1.807) is 0 Å². The molecule has 1 aliphatic heterocycles. The highest BCUT2D eigenvalue weighted by atomic mass is 19.4. The van der Waals surface area contributed by atoms with Crippen LogP contribution >= 0.6 is 0 Å². The molecular weight excluding hydrogens is 403 g/mol. The molecule has 0 atom stereocenters. The van der Waals surface area contributed by atoms with Gasteiger partial charge in [-0.25, -0.2) is 14.9 Å². The number of nitrogens with one attached hydrogen (secondary N) is 2. The van der Waals surface area contributed by atoms with E-state index in [-0.39, 0.29) is 35.5 Å². The Morgan fingerprint density at radius 1 is 1.23 bits per heavy atom. The van der Waals surface area contributed by atoms with Gasteiger partial charge in [0.05, 0.1) is 16.9 Å². The maximum atomic E-state index is 13.1. The van der Waals surface area contributed by atoms with E-state index in [4.69, 9.17) is 0 Å². The molecule has 9 nitrogen and oxygen atoms in total. The molecule has 0 aliphatic carbocycles. The van der Waals surface area contributed by atoms with Gasteiger partial charge in [0.15, 0.2) is 5.82 Å². The molecule has 0 saturated heterocycles. The Labute approximate surface area is 167 Å². The number of nitrogens with zero attached hydrogens (tertiary/aromatic N) is 5. The summed E-state index contributed by atoms with van der Waals surface area (Å²) >= 11 is 0. The number of halogens is 3. The van der Waals surface area contributed by atoms with Gasteiger partial charge in [-0.05, 0) is 24.3 Å². The van der Waals surface area contributed by atoms with Gasteiger partial charge in [-0.3, -0.25) is 15.0 Å². The van der Waals surface area contributed by atoms with Crippen molar-refractivity contribution in [3.63, 3.8) is 0 Å². The van der Waals surface area contributed by atoms with Crippen LogP contribution in [0.1, 0.15) is 5.56 Å². The normalized spacial score (nSPS) is 13.9. The van der Waals surface area contributed by atoms with Crippen molar-refractivity contribution < 1.29 is 22.8 Å². The first-order chi connectivity index (χ1) is 14.2. The number of hydrogen-bond donors (Lipinski definition) is 2. The monoisotopic (exact) mass is 417 g/mol. The summed E-state index contributed by atoms with van der Waals surface area (Å²) in [5, 5.41) is 8.54. The number of benzene rings is 1. The van der Waals surface area contributed by atoms with Crippen LogP contribution in [0.4, 0.5) is 35.4 Å². The van der Waals surface area contributed by atoms with Crippen LogP contribution in [0.15, 0.2) is 42.7 Å². The average molecular weight is 417 g/mol. The third kappa shape index (κ3) is 3.54. The quantitative estimate of drug-likeness (QED) is 0.667. The van der Waals surface area contributed by atoms with Crippen LogP contribution in [0.5, 0.6) is 0 Å². The van der Waals surface area contributed by atoms with E-state index in [0.29, 0.717) is 5.69 Å². The van der Waals surface area contributed by atoms with Crippen molar-refractivity contribution in [3.8, 4) is 11.3 Å². The van der Waals surface area contributed by atoms with Gasteiger partial charge in [-0.1, -0.05) is 12.1 Å². The van der Waals surface area contributed by atoms with Gasteiger partial charge in [-0.15, -0.1) is 0 Å². The maximum Gasteiger partial charge on any atom is 0.416 e. The molecule has 1 aromatic carbocycles. The number of H-pyrrole nitrogens is 1. The number of urea groups is 1. The van der Waals surface area contributed by atoms with Crippen LogP contribution < -0.4 is 15.1 Å². The minimum Gasteiger partial charge on any atom is -0.311 e. The topological polar surface area (TPSA) is 107 Å². The summed E-state index contributed by atoms with van der Waals surface area (Å²) < 4.78 is 39.2. The maximum absolute atomic E-state index is 13.1. The number of aromatic nitrogens is 4. The number of carbonyl (C=O) groups is 2. The summed E-state index contributed by atoms with van der Waals surface area (Å²) in [7, 11) is 1.53. The van der Waals surface area contributed by atoms with Gasteiger partial charge < -0.3 is 4.90 Å². The molecule has 3 amide bonds. The zero-order valence-corrected chi connectivity index (χ0v) is 15.4. The number of aromatic amines is 1. The molecule has 1 aliphatic rings. The first-order valence-corrected chi connectivity index (χ1v) is 8.63. The van der Waals surface area contributed by atoms with Crippen LogP contribution in [-0.4, -0.2) is 45.7 Å². The lowest BCUT2D eigenvalue weighted by molar-refractivity contribution is -0.137. The number of rotatable bonds is 2. The van der Waals surface area contributed by atoms with Crippen LogP contribution in [-0.2, 0) is 11.0 Å². The number of alkyl halides is 3. The highest BCUT2D eigenvalue weighted by molar-refractivity contribution is 6.12. The zero-order valence-electron chi connectivity index (χ0n) is 15.4. The van der Waals surface area contributed by atoms with Crippen molar-refractivity contribution in [2.45, 2.75) is 6.18 Å². The number of hydrogen-bond acceptors (Lipinski definition) is 5. The SMILES string of the molecule is CN1C(=O)CN(C(=O)Nc2ncn[nH]2)c2nc(-c3cccc(C(F)(F)F)c3)ccc21. The van der Waals surface area contributed by atoms with E-state index >= 15 is 0 Å². The Morgan fingerprint density at radius 2 is 2.03 bits per heavy atom. The summed E-state index contributed by atoms with van der Waals surface area (Å²) in [5.41, 5.74) is -0.0238. The second-order valence-electron chi connectivity index (χ2n) is 6.42. The van der Waals surface area contributed by atoms with Gasteiger partial charge in [0.25, 0.3) is 0 Å². The number of amides is 3. The van der Waals surface area contributed by atoms with E-state index in [1.807, 2.05) is 0 Å². The summed E-state index contributed by atoms with van der Waals surface area (Å²) in [6, 6.07) is 7.05. The van der Waals surface area contributed by atoms with Crippen LogP contribution in [0.25, 0.3) is 11.3 Å². The zero-order chi connectivity index (χ0) is 21.5. The van der Waals surface area contributed by atoms with Gasteiger partial charge in [0.1, 0.15) is 12.9 Å². The predicted molar refractivity (Wildman–Crippen MR) is 101 cm³/mol. The molecule has 3 aromatic rings. The fourth-order valence-electron chi connectivity index (χ4n) is 2.97. The highest BCUT2D eigenvalue weighted by Gasteiger charge is 2.33. The summed E-state index contributed by atoms with van der Waals surface area (Å²) in [6.07, 6.45) is -3.30. The van der Waals surface area contributed by atoms with Crippen molar-refractivity contribution in [2.75, 3.05) is 28.7 Å². The molecule has 0 saturated carbocycles. The average Bonchev–Trinajstić information content (AvgIpc) is 3.22. The molecule has 30 heavy (non-hydrogen) atoms. The Hall–Kier alpha value is -3.96. The second-order valence-corrected chi connectivity index (χ2v) is 6.42. The molecular formula is C18H14F3N7O2. The number of fused-ring (bicyclic) bond motifs is 1. The highest BCUT2D eigenvalue weighted by Crippen LogP contribution is 2.36. The summed E-state index contributed by atoms with van der Waals surface area (Å²) in [6.45, 7) is -0.303. The van der Waals surface area contributed by atoms with Crippen LogP contribution in [0.3, 0.4) is 0 Å². The van der Waals surface area contributed by atoms with E-state index < -0.39 is 17.8 Å². The van der Waals surface area contributed by atoms with Crippen molar-refractivity contribution in [2.24, 2.45) is 0 Å². The molecule has 0 radical (unpaired) electrons. The molecule has 2 N–H and O–H groups in total. The fourth-order valence-corrected chi connectivity index (χ4v) is 2.97. The van der Waals surface area contributed by atoms with Crippen molar-refractivity contribution in [1.82, 2.24) is 20.2 Å². The third-order valence-corrected chi connectivity index (χ3v) is 4.51. The molecule has 4 rings (SSSR count). The molecule has 0 bridgehead atoms. The number of likely N-dealkylation sites (N-methyl/N-ethyl adjacent to an activating group) is 1.